The molecule has 0 aliphatic rings. The number of aromatic nitrogens is 3. The lowest BCUT2D eigenvalue weighted by Crippen LogP contribution is -2.14. The van der Waals surface area contributed by atoms with Gasteiger partial charge in [-0.25, -0.2) is 4.52 Å². The Morgan fingerprint density at radius 3 is 2.93 bits per heavy atom. The maximum atomic E-state index is 4.40. The van der Waals surface area contributed by atoms with Crippen LogP contribution in [0.3, 0.4) is 0 Å². The quantitative estimate of drug-likeness (QED) is 0.833. The van der Waals surface area contributed by atoms with Crippen LogP contribution in [-0.4, -0.2) is 20.6 Å². The molecule has 4 heteroatoms. The van der Waals surface area contributed by atoms with E-state index in [2.05, 4.69) is 29.2 Å². The number of anilines is 1. The summed E-state index contributed by atoms with van der Waals surface area (Å²) in [5.41, 5.74) is 1.98. The molecular weight excluding hydrogens is 188 g/mol. The van der Waals surface area contributed by atoms with Gasteiger partial charge in [-0.05, 0) is 32.4 Å². The molecule has 2 rings (SSSR count). The van der Waals surface area contributed by atoms with Crippen LogP contribution in [0.1, 0.15) is 26.0 Å². The summed E-state index contributed by atoms with van der Waals surface area (Å²) >= 11 is 0. The summed E-state index contributed by atoms with van der Waals surface area (Å²) in [4.78, 5) is 4.40. The predicted octanol–water partition coefficient (Wildman–Crippen LogP) is 2.25. The summed E-state index contributed by atoms with van der Waals surface area (Å²) in [6, 6.07) is 6.38. The zero-order valence-corrected chi connectivity index (χ0v) is 9.36. The number of aryl methyl sites for hydroxylation is 1. The molecular formula is C11H16N4. The minimum Gasteiger partial charge on any atom is -0.350 e. The van der Waals surface area contributed by atoms with Gasteiger partial charge in [0.1, 0.15) is 0 Å². The Kier molecular flexibility index (Phi) is 2.58. The van der Waals surface area contributed by atoms with Gasteiger partial charge in [-0.3, -0.25) is 0 Å². The van der Waals surface area contributed by atoms with Crippen molar-refractivity contribution >= 4 is 11.6 Å². The van der Waals surface area contributed by atoms with Crippen LogP contribution in [0, 0.1) is 6.92 Å². The van der Waals surface area contributed by atoms with Crippen LogP contribution in [0.25, 0.3) is 5.65 Å². The molecule has 1 unspecified atom stereocenters. The summed E-state index contributed by atoms with van der Waals surface area (Å²) in [7, 11) is 0. The lowest BCUT2D eigenvalue weighted by Gasteiger charge is -2.07. The van der Waals surface area contributed by atoms with Gasteiger partial charge in [-0.15, -0.1) is 5.10 Å². The first-order valence-corrected chi connectivity index (χ1v) is 5.29. The van der Waals surface area contributed by atoms with Crippen molar-refractivity contribution in [3.8, 4) is 0 Å². The summed E-state index contributed by atoms with van der Waals surface area (Å²) in [5, 5.41) is 7.66. The van der Waals surface area contributed by atoms with Crippen LogP contribution in [0.15, 0.2) is 18.2 Å². The normalized spacial score (nSPS) is 13.0. The van der Waals surface area contributed by atoms with Crippen molar-refractivity contribution in [2.75, 3.05) is 5.32 Å². The van der Waals surface area contributed by atoms with Crippen LogP contribution in [0.5, 0.6) is 0 Å². The molecule has 80 valence electrons. The van der Waals surface area contributed by atoms with Crippen LogP contribution in [0.2, 0.25) is 0 Å². The Labute approximate surface area is 89.3 Å². The summed E-state index contributed by atoms with van der Waals surface area (Å²) in [6.45, 7) is 6.28. The number of hydrogen-bond donors (Lipinski definition) is 1. The maximum Gasteiger partial charge on any atom is 0.243 e. The molecule has 2 aromatic rings. The molecule has 0 bridgehead atoms. The second-order valence-corrected chi connectivity index (χ2v) is 3.83. The topological polar surface area (TPSA) is 42.2 Å². The Balaban J connectivity index is 2.35. The van der Waals surface area contributed by atoms with Gasteiger partial charge in [-0.2, -0.15) is 4.98 Å². The van der Waals surface area contributed by atoms with Crippen LogP contribution in [-0.2, 0) is 0 Å². The standard InChI is InChI=1S/C11H16N4/c1-4-8(2)12-11-13-10-7-5-6-9(3)15(10)14-11/h5-8H,4H2,1-3H3,(H,12,14). The molecule has 1 N–H and O–H groups in total. The van der Waals surface area contributed by atoms with Gasteiger partial charge in [0, 0.05) is 11.7 Å². The van der Waals surface area contributed by atoms with Gasteiger partial charge in [0.15, 0.2) is 5.65 Å². The molecule has 0 fully saturated rings. The monoisotopic (exact) mass is 204 g/mol. The SMILES string of the molecule is CCC(C)Nc1nc2cccc(C)n2n1. The third-order valence-electron chi connectivity index (χ3n) is 2.54. The number of pyridine rings is 1. The molecule has 0 radical (unpaired) electrons. The van der Waals surface area contributed by atoms with Crippen molar-refractivity contribution in [2.45, 2.75) is 33.2 Å². The first-order chi connectivity index (χ1) is 7.20. The van der Waals surface area contributed by atoms with Crippen LogP contribution in [0.4, 0.5) is 5.95 Å². The molecule has 2 aromatic heterocycles. The van der Waals surface area contributed by atoms with E-state index in [-0.39, 0.29) is 0 Å². The summed E-state index contributed by atoms with van der Waals surface area (Å²) in [5.74, 6) is 0.707. The molecule has 0 saturated carbocycles. The molecule has 4 nitrogen and oxygen atoms in total. The molecule has 15 heavy (non-hydrogen) atoms. The molecule has 0 saturated heterocycles. The van der Waals surface area contributed by atoms with Crippen LogP contribution < -0.4 is 5.32 Å². The van der Waals surface area contributed by atoms with Crippen molar-refractivity contribution in [3.63, 3.8) is 0 Å². The fourth-order valence-corrected chi connectivity index (χ4v) is 1.42. The Bertz CT molecular complexity index is 461. The fraction of sp³-hybridized carbons (Fsp3) is 0.455. The number of nitrogens with one attached hydrogen (secondary N) is 1. The highest BCUT2D eigenvalue weighted by Crippen LogP contribution is 2.09. The van der Waals surface area contributed by atoms with Gasteiger partial charge < -0.3 is 5.32 Å². The number of nitrogens with zero attached hydrogens (tertiary/aromatic N) is 3. The maximum absolute atomic E-state index is 4.40. The number of rotatable bonds is 3. The van der Waals surface area contributed by atoms with E-state index in [1.807, 2.05) is 29.6 Å². The van der Waals surface area contributed by atoms with Gasteiger partial charge in [0.2, 0.25) is 5.95 Å². The molecule has 0 aliphatic heterocycles. The Hall–Kier alpha value is -1.58. The van der Waals surface area contributed by atoms with Crippen LogP contribution >= 0.6 is 0 Å². The lowest BCUT2D eigenvalue weighted by atomic mass is 10.3. The largest absolute Gasteiger partial charge is 0.350 e. The van der Waals surface area contributed by atoms with E-state index >= 15 is 0 Å². The summed E-state index contributed by atoms with van der Waals surface area (Å²) in [6.07, 6.45) is 1.06. The molecule has 0 spiro atoms. The third kappa shape index (κ3) is 1.93. The second kappa shape index (κ2) is 3.88. The van der Waals surface area contributed by atoms with E-state index in [9.17, 15) is 0 Å². The van der Waals surface area contributed by atoms with E-state index < -0.39 is 0 Å². The molecule has 0 amide bonds. The van der Waals surface area contributed by atoms with Crippen molar-refractivity contribution in [2.24, 2.45) is 0 Å². The van der Waals surface area contributed by atoms with Crippen molar-refractivity contribution < 1.29 is 0 Å². The zero-order chi connectivity index (χ0) is 10.8. The summed E-state index contributed by atoms with van der Waals surface area (Å²) < 4.78 is 1.85. The van der Waals surface area contributed by atoms with Gasteiger partial charge >= 0.3 is 0 Å². The highest BCUT2D eigenvalue weighted by Gasteiger charge is 2.06. The van der Waals surface area contributed by atoms with E-state index in [1.54, 1.807) is 0 Å². The van der Waals surface area contributed by atoms with Gasteiger partial charge in [0.05, 0.1) is 0 Å². The minimum atomic E-state index is 0.405. The smallest absolute Gasteiger partial charge is 0.243 e. The molecule has 0 aliphatic carbocycles. The van der Waals surface area contributed by atoms with Crippen molar-refractivity contribution in [1.29, 1.82) is 0 Å². The van der Waals surface area contributed by atoms with E-state index in [0.29, 0.717) is 12.0 Å². The second-order valence-electron chi connectivity index (χ2n) is 3.83. The lowest BCUT2D eigenvalue weighted by molar-refractivity contribution is 0.750. The first kappa shape index (κ1) is 9.96. The fourth-order valence-electron chi connectivity index (χ4n) is 1.42. The predicted molar refractivity (Wildman–Crippen MR) is 61.1 cm³/mol. The third-order valence-corrected chi connectivity index (χ3v) is 2.54. The average Bonchev–Trinajstić information content (AvgIpc) is 2.62. The Morgan fingerprint density at radius 1 is 1.47 bits per heavy atom. The minimum absolute atomic E-state index is 0.405. The van der Waals surface area contributed by atoms with Gasteiger partial charge in [0.25, 0.3) is 0 Å². The van der Waals surface area contributed by atoms with E-state index in [1.165, 1.54) is 0 Å². The van der Waals surface area contributed by atoms with Crippen molar-refractivity contribution in [3.05, 3.63) is 23.9 Å². The van der Waals surface area contributed by atoms with E-state index in [0.717, 1.165) is 17.8 Å². The highest BCUT2D eigenvalue weighted by atomic mass is 15.4. The van der Waals surface area contributed by atoms with Crippen molar-refractivity contribution in [1.82, 2.24) is 14.6 Å². The average molecular weight is 204 g/mol. The molecule has 0 aromatic carbocycles. The van der Waals surface area contributed by atoms with Gasteiger partial charge in [-0.1, -0.05) is 13.0 Å². The molecule has 2 heterocycles. The highest BCUT2D eigenvalue weighted by molar-refractivity contribution is 5.44. The zero-order valence-electron chi connectivity index (χ0n) is 9.36. The Morgan fingerprint density at radius 2 is 2.27 bits per heavy atom. The van der Waals surface area contributed by atoms with E-state index in [4.69, 9.17) is 0 Å². The number of hydrogen-bond acceptors (Lipinski definition) is 3. The molecule has 1 atom stereocenters. The first-order valence-electron chi connectivity index (χ1n) is 5.29. The number of fused-ring (bicyclic) bond motifs is 1.